The average Bonchev–Trinajstić information content (AvgIpc) is 3.44. The number of rotatable bonds is 11. The van der Waals surface area contributed by atoms with Gasteiger partial charge in [-0.1, -0.05) is 12.1 Å². The van der Waals surface area contributed by atoms with Crippen molar-refractivity contribution in [3.05, 3.63) is 76.7 Å². The van der Waals surface area contributed by atoms with E-state index in [2.05, 4.69) is 30.3 Å². The number of aromatic nitrogens is 2. The molecular weight excluding hydrogens is 779 g/mol. The van der Waals surface area contributed by atoms with E-state index in [4.69, 9.17) is 10.7 Å². The molecule has 1 unspecified atom stereocenters. The first-order valence-electron chi connectivity index (χ1n) is 20.0. The highest BCUT2D eigenvalue weighted by molar-refractivity contribution is 7.90. The molecule has 6 amide bonds. The van der Waals surface area contributed by atoms with Gasteiger partial charge in [0.15, 0.2) is 9.84 Å². The Morgan fingerprint density at radius 2 is 1.63 bits per heavy atom. The Kier molecular flexibility index (Phi) is 10.9. The normalized spacial score (nSPS) is 21.9. The van der Waals surface area contributed by atoms with Crippen LogP contribution in [0.3, 0.4) is 0 Å². The van der Waals surface area contributed by atoms with Gasteiger partial charge in [-0.3, -0.25) is 39.0 Å². The summed E-state index contributed by atoms with van der Waals surface area (Å²) in [5.41, 5.74) is 8.22. The molecule has 0 spiro atoms. The summed E-state index contributed by atoms with van der Waals surface area (Å²) >= 11 is 0. The monoisotopic (exact) mass is 825 g/mol. The molecule has 4 saturated heterocycles. The highest BCUT2D eigenvalue weighted by atomic mass is 32.2. The lowest BCUT2D eigenvalue weighted by molar-refractivity contribution is -0.136. The number of fused-ring (bicyclic) bond motifs is 1. The second kappa shape index (κ2) is 16.1. The number of amides is 6. The largest absolute Gasteiger partial charge is 0.371 e. The molecule has 0 saturated carbocycles. The third kappa shape index (κ3) is 8.41. The standard InChI is InChI=1S/C41H47N9O8S/c1-59(57,58)29-7-4-24(5-8-29)17-32-36(37(42)52)43-19-34(45-32)49-14-2-3-27(23-49)44-38(53)26-21-47(22-26)20-25-12-15-48(16-13-25)28-6-9-30-31(18-28)41(56)50(40(30)55)33-10-11-35(51)46-39(33)54/h4-9,18-19,25-27,33H,2-3,10-17,20-23H2,1H3,(H2,42,52)(H,44,53)(H,46,51,54)/t27-,33?/m1/s1. The molecular formula is C41H47N9O8S. The fourth-order valence-corrected chi connectivity index (χ4v) is 9.48. The third-order valence-electron chi connectivity index (χ3n) is 12.1. The maximum Gasteiger partial charge on any atom is 0.269 e. The molecule has 59 heavy (non-hydrogen) atoms. The molecule has 3 aromatic rings. The summed E-state index contributed by atoms with van der Waals surface area (Å²) in [6.07, 6.45) is 6.65. The number of primary amides is 1. The lowest BCUT2D eigenvalue weighted by Gasteiger charge is -2.43. The van der Waals surface area contributed by atoms with Gasteiger partial charge in [0, 0.05) is 76.6 Å². The molecule has 18 heteroatoms. The van der Waals surface area contributed by atoms with Gasteiger partial charge in [0.25, 0.3) is 17.7 Å². The maximum atomic E-state index is 13.3. The van der Waals surface area contributed by atoms with Crippen LogP contribution < -0.4 is 26.2 Å². The average molecular weight is 826 g/mol. The van der Waals surface area contributed by atoms with Gasteiger partial charge in [-0.05, 0) is 73.9 Å². The van der Waals surface area contributed by atoms with Crippen molar-refractivity contribution in [2.24, 2.45) is 17.6 Å². The molecule has 2 atom stereocenters. The van der Waals surface area contributed by atoms with Crippen LogP contribution in [0.25, 0.3) is 0 Å². The molecule has 17 nitrogen and oxygen atoms in total. The summed E-state index contributed by atoms with van der Waals surface area (Å²) < 4.78 is 23.8. The number of carbonyl (C=O) groups is 6. The highest BCUT2D eigenvalue weighted by Crippen LogP contribution is 2.33. The van der Waals surface area contributed by atoms with E-state index in [1.807, 2.05) is 6.07 Å². The summed E-state index contributed by atoms with van der Waals surface area (Å²) in [5, 5.41) is 5.48. The number of piperidine rings is 3. The van der Waals surface area contributed by atoms with Crippen LogP contribution in [-0.2, 0) is 30.6 Å². The first-order chi connectivity index (χ1) is 28.2. The summed E-state index contributed by atoms with van der Waals surface area (Å²) in [5.74, 6) is -1.78. The zero-order valence-electron chi connectivity index (χ0n) is 32.8. The number of hydrogen-bond donors (Lipinski definition) is 3. The first-order valence-corrected chi connectivity index (χ1v) is 21.9. The van der Waals surface area contributed by atoms with Crippen molar-refractivity contribution in [1.29, 1.82) is 0 Å². The predicted molar refractivity (Wildman–Crippen MR) is 214 cm³/mol. The number of sulfone groups is 1. The van der Waals surface area contributed by atoms with Crippen molar-refractivity contribution in [3.8, 4) is 0 Å². The molecule has 5 aliphatic rings. The van der Waals surface area contributed by atoms with Gasteiger partial charge in [-0.25, -0.2) is 18.4 Å². The highest BCUT2D eigenvalue weighted by Gasteiger charge is 2.45. The molecule has 0 bridgehead atoms. The van der Waals surface area contributed by atoms with Gasteiger partial charge in [-0.15, -0.1) is 0 Å². The molecule has 6 heterocycles. The Balaban J connectivity index is 0.797. The van der Waals surface area contributed by atoms with E-state index in [-0.39, 0.29) is 58.8 Å². The lowest BCUT2D eigenvalue weighted by atomic mass is 9.91. The van der Waals surface area contributed by atoms with E-state index < -0.39 is 45.4 Å². The van der Waals surface area contributed by atoms with Crippen molar-refractivity contribution >= 4 is 56.8 Å². The van der Waals surface area contributed by atoms with E-state index >= 15 is 0 Å². The summed E-state index contributed by atoms with van der Waals surface area (Å²) in [7, 11) is -3.35. The topological polar surface area (TPSA) is 225 Å². The number of nitrogens with zero attached hydrogens (tertiary/aromatic N) is 6. The molecule has 4 N–H and O–H groups in total. The second-order valence-electron chi connectivity index (χ2n) is 16.3. The van der Waals surface area contributed by atoms with Crippen molar-refractivity contribution in [1.82, 2.24) is 30.4 Å². The number of carbonyl (C=O) groups excluding carboxylic acids is 6. The zero-order chi connectivity index (χ0) is 41.6. The van der Waals surface area contributed by atoms with E-state index in [9.17, 15) is 37.2 Å². The quantitative estimate of drug-likeness (QED) is 0.229. The van der Waals surface area contributed by atoms with Crippen LogP contribution >= 0.6 is 0 Å². The number of anilines is 2. The summed E-state index contributed by atoms with van der Waals surface area (Å²) in [4.78, 5) is 92.9. The molecule has 5 aliphatic heterocycles. The van der Waals surface area contributed by atoms with Crippen LogP contribution in [0.4, 0.5) is 11.5 Å². The molecule has 0 aliphatic carbocycles. The molecule has 310 valence electrons. The van der Waals surface area contributed by atoms with Gasteiger partial charge >= 0.3 is 0 Å². The van der Waals surface area contributed by atoms with Crippen molar-refractivity contribution in [2.45, 2.75) is 61.9 Å². The van der Waals surface area contributed by atoms with Crippen LogP contribution in [0.2, 0.25) is 0 Å². The molecule has 0 radical (unpaired) electrons. The Bertz CT molecular complexity index is 2320. The van der Waals surface area contributed by atoms with Gasteiger partial charge in [0.1, 0.15) is 17.6 Å². The van der Waals surface area contributed by atoms with E-state index in [0.29, 0.717) is 43.6 Å². The number of nitrogens with one attached hydrogen (secondary N) is 2. The van der Waals surface area contributed by atoms with Gasteiger partial charge in [0.05, 0.1) is 33.8 Å². The number of benzene rings is 2. The minimum absolute atomic E-state index is 0.0390. The van der Waals surface area contributed by atoms with Crippen LogP contribution in [0.5, 0.6) is 0 Å². The number of nitrogens with two attached hydrogens (primary N) is 1. The zero-order valence-corrected chi connectivity index (χ0v) is 33.6. The lowest BCUT2D eigenvalue weighted by Crippen LogP contribution is -2.58. The van der Waals surface area contributed by atoms with E-state index in [0.717, 1.165) is 67.7 Å². The molecule has 8 rings (SSSR count). The maximum absolute atomic E-state index is 13.3. The number of likely N-dealkylation sites (tertiary alicyclic amines) is 1. The number of imide groups is 2. The number of hydrogen-bond acceptors (Lipinski definition) is 13. The minimum Gasteiger partial charge on any atom is -0.371 e. The van der Waals surface area contributed by atoms with Gasteiger partial charge in [-0.2, -0.15) is 0 Å². The Morgan fingerprint density at radius 1 is 0.898 bits per heavy atom. The van der Waals surface area contributed by atoms with E-state index in [1.54, 1.807) is 24.3 Å². The molecule has 4 fully saturated rings. The molecule has 1 aromatic heterocycles. The SMILES string of the molecule is CS(=O)(=O)c1ccc(Cc2nc(N3CCC[C@@H](NC(=O)C4CN(CC5CCN(c6ccc7c(c6)C(=O)N(C6CCC(=O)NC6=O)C7=O)CC5)C4)C3)cnc2C(N)=O)cc1. The van der Waals surface area contributed by atoms with Gasteiger partial charge < -0.3 is 25.8 Å². The van der Waals surface area contributed by atoms with Crippen LogP contribution in [0.15, 0.2) is 53.6 Å². The Labute approximate surface area is 341 Å². The summed E-state index contributed by atoms with van der Waals surface area (Å²) in [6, 6.07) is 10.6. The summed E-state index contributed by atoms with van der Waals surface area (Å²) in [6.45, 7) is 5.12. The fourth-order valence-electron chi connectivity index (χ4n) is 8.85. The minimum atomic E-state index is -3.35. The third-order valence-corrected chi connectivity index (χ3v) is 13.3. The Morgan fingerprint density at radius 3 is 2.32 bits per heavy atom. The van der Waals surface area contributed by atoms with Gasteiger partial charge in [0.2, 0.25) is 17.7 Å². The van der Waals surface area contributed by atoms with E-state index in [1.165, 1.54) is 18.3 Å². The fraction of sp³-hybridized carbons (Fsp3) is 0.463. The second-order valence-corrected chi connectivity index (χ2v) is 18.3. The van der Waals surface area contributed by atoms with Crippen LogP contribution in [-0.4, -0.2) is 128 Å². The predicted octanol–water partition coefficient (Wildman–Crippen LogP) is 0.904. The smallest absolute Gasteiger partial charge is 0.269 e. The molecule has 2 aromatic carbocycles. The van der Waals surface area contributed by atoms with Crippen molar-refractivity contribution in [2.75, 3.05) is 61.9 Å². The first kappa shape index (κ1) is 40.0. The van der Waals surface area contributed by atoms with Crippen LogP contribution in [0.1, 0.15) is 81.0 Å². The van der Waals surface area contributed by atoms with Crippen LogP contribution in [0, 0.1) is 11.8 Å². The van der Waals surface area contributed by atoms with Crippen molar-refractivity contribution < 1.29 is 37.2 Å². The van der Waals surface area contributed by atoms with Crippen molar-refractivity contribution in [3.63, 3.8) is 0 Å². The Hall–Kier alpha value is -5.75.